The first-order chi connectivity index (χ1) is 11.4. The molecule has 24 heavy (non-hydrogen) atoms. The number of aryl methyl sites for hydroxylation is 4. The standard InChI is InChI=1S/C18H19N3O2S/c1-9-6-10(2)14(11(3)7-9)21-16-13-12(4)15(18(22)23-5)24-17(13)20-8-19-16/h6-8H,1-5H3,(H,19,20,21). The van der Waals surface area contributed by atoms with E-state index in [1.807, 2.05) is 6.92 Å². The summed E-state index contributed by atoms with van der Waals surface area (Å²) in [6, 6.07) is 4.27. The highest BCUT2D eigenvalue weighted by Gasteiger charge is 2.20. The van der Waals surface area contributed by atoms with Gasteiger partial charge in [0, 0.05) is 5.69 Å². The van der Waals surface area contributed by atoms with Crippen molar-refractivity contribution in [2.75, 3.05) is 12.4 Å². The van der Waals surface area contributed by atoms with E-state index in [0.29, 0.717) is 10.7 Å². The topological polar surface area (TPSA) is 64.1 Å². The fourth-order valence-corrected chi connectivity index (χ4v) is 4.02. The van der Waals surface area contributed by atoms with Gasteiger partial charge in [-0.15, -0.1) is 11.3 Å². The number of aromatic nitrogens is 2. The van der Waals surface area contributed by atoms with Crippen molar-refractivity contribution in [3.63, 3.8) is 0 Å². The number of hydrogen-bond acceptors (Lipinski definition) is 6. The van der Waals surface area contributed by atoms with E-state index in [1.54, 1.807) is 0 Å². The van der Waals surface area contributed by atoms with Gasteiger partial charge < -0.3 is 10.1 Å². The highest BCUT2D eigenvalue weighted by atomic mass is 32.1. The van der Waals surface area contributed by atoms with Crippen LogP contribution in [0.2, 0.25) is 0 Å². The first-order valence-electron chi connectivity index (χ1n) is 7.59. The quantitative estimate of drug-likeness (QED) is 0.713. The molecule has 0 bridgehead atoms. The Balaban J connectivity index is 2.14. The van der Waals surface area contributed by atoms with Gasteiger partial charge in [0.05, 0.1) is 12.5 Å². The third kappa shape index (κ3) is 2.73. The maximum absolute atomic E-state index is 11.9. The number of hydrogen-bond donors (Lipinski definition) is 1. The van der Waals surface area contributed by atoms with Crippen LogP contribution in [0.25, 0.3) is 10.2 Å². The number of fused-ring (bicyclic) bond motifs is 1. The number of ether oxygens (including phenoxy) is 1. The molecular formula is C18H19N3O2S. The molecule has 1 aromatic carbocycles. The molecular weight excluding hydrogens is 322 g/mol. The Kier molecular flexibility index (Phi) is 4.24. The van der Waals surface area contributed by atoms with Crippen molar-refractivity contribution < 1.29 is 9.53 Å². The van der Waals surface area contributed by atoms with Gasteiger partial charge in [-0.3, -0.25) is 0 Å². The van der Waals surface area contributed by atoms with Crippen LogP contribution in [0.1, 0.15) is 31.9 Å². The van der Waals surface area contributed by atoms with E-state index in [2.05, 4.69) is 48.2 Å². The van der Waals surface area contributed by atoms with E-state index in [1.165, 1.54) is 30.3 Å². The summed E-state index contributed by atoms with van der Waals surface area (Å²) < 4.78 is 4.86. The zero-order chi connectivity index (χ0) is 17.4. The van der Waals surface area contributed by atoms with Crippen molar-refractivity contribution in [1.82, 2.24) is 9.97 Å². The van der Waals surface area contributed by atoms with Crippen LogP contribution in [0.5, 0.6) is 0 Å². The SMILES string of the molecule is COC(=O)c1sc2ncnc(Nc3c(C)cc(C)cc3C)c2c1C. The molecule has 3 rings (SSSR count). The number of methoxy groups -OCH3 is 1. The van der Waals surface area contributed by atoms with Gasteiger partial charge >= 0.3 is 5.97 Å². The van der Waals surface area contributed by atoms with Gasteiger partial charge in [-0.1, -0.05) is 17.7 Å². The maximum Gasteiger partial charge on any atom is 0.348 e. The molecule has 0 radical (unpaired) electrons. The highest BCUT2D eigenvalue weighted by molar-refractivity contribution is 7.20. The lowest BCUT2D eigenvalue weighted by Gasteiger charge is -2.14. The van der Waals surface area contributed by atoms with Crippen LogP contribution in [0.4, 0.5) is 11.5 Å². The summed E-state index contributed by atoms with van der Waals surface area (Å²) in [5.41, 5.74) is 5.40. The van der Waals surface area contributed by atoms with E-state index < -0.39 is 0 Å². The molecule has 2 aromatic heterocycles. The van der Waals surface area contributed by atoms with Crippen molar-refractivity contribution in [2.24, 2.45) is 0 Å². The lowest BCUT2D eigenvalue weighted by Crippen LogP contribution is -2.01. The molecule has 0 fully saturated rings. The summed E-state index contributed by atoms with van der Waals surface area (Å²) in [7, 11) is 1.38. The number of nitrogens with zero attached hydrogens (tertiary/aromatic N) is 2. The van der Waals surface area contributed by atoms with Gasteiger partial charge in [0.25, 0.3) is 0 Å². The van der Waals surface area contributed by atoms with Gasteiger partial charge in [0.2, 0.25) is 0 Å². The minimum absolute atomic E-state index is 0.343. The molecule has 0 aliphatic rings. The molecule has 6 heteroatoms. The minimum Gasteiger partial charge on any atom is -0.465 e. The second-order valence-corrected chi connectivity index (χ2v) is 6.85. The molecule has 3 aromatic rings. The number of thiophene rings is 1. The summed E-state index contributed by atoms with van der Waals surface area (Å²) in [6.45, 7) is 8.12. The summed E-state index contributed by atoms with van der Waals surface area (Å²) in [5, 5.41) is 4.29. The van der Waals surface area contributed by atoms with Crippen LogP contribution < -0.4 is 5.32 Å². The van der Waals surface area contributed by atoms with Crippen molar-refractivity contribution in [3.05, 3.63) is 45.6 Å². The molecule has 0 saturated carbocycles. The van der Waals surface area contributed by atoms with Gasteiger partial charge in [-0.05, 0) is 44.4 Å². The predicted octanol–water partition coefficient (Wildman–Crippen LogP) is 4.46. The maximum atomic E-state index is 11.9. The van der Waals surface area contributed by atoms with E-state index >= 15 is 0 Å². The zero-order valence-electron chi connectivity index (χ0n) is 14.4. The van der Waals surface area contributed by atoms with Crippen LogP contribution in [0.3, 0.4) is 0 Å². The molecule has 0 aliphatic carbocycles. The smallest absolute Gasteiger partial charge is 0.348 e. The normalized spacial score (nSPS) is 10.9. The van der Waals surface area contributed by atoms with Gasteiger partial charge in [0.15, 0.2) is 0 Å². The number of carbonyl (C=O) groups excluding carboxylic acids is 1. The second kappa shape index (κ2) is 6.20. The van der Waals surface area contributed by atoms with Crippen LogP contribution in [0, 0.1) is 27.7 Å². The van der Waals surface area contributed by atoms with Crippen molar-refractivity contribution in [2.45, 2.75) is 27.7 Å². The predicted molar refractivity (Wildman–Crippen MR) is 97.4 cm³/mol. The van der Waals surface area contributed by atoms with Gasteiger partial charge in [0.1, 0.15) is 21.9 Å². The van der Waals surface area contributed by atoms with Crippen molar-refractivity contribution in [1.29, 1.82) is 0 Å². The third-order valence-electron chi connectivity index (χ3n) is 4.02. The second-order valence-electron chi connectivity index (χ2n) is 5.85. The van der Waals surface area contributed by atoms with E-state index in [4.69, 9.17) is 4.74 Å². The molecule has 0 aliphatic heterocycles. The average Bonchev–Trinajstić information content (AvgIpc) is 2.88. The summed E-state index contributed by atoms with van der Waals surface area (Å²) in [6.07, 6.45) is 1.51. The molecule has 0 unspecified atom stereocenters. The van der Waals surface area contributed by atoms with Gasteiger partial charge in [-0.2, -0.15) is 0 Å². The zero-order valence-corrected chi connectivity index (χ0v) is 15.2. The molecule has 2 heterocycles. The van der Waals surface area contributed by atoms with Crippen molar-refractivity contribution in [3.8, 4) is 0 Å². The summed E-state index contributed by atoms with van der Waals surface area (Å²) >= 11 is 1.33. The highest BCUT2D eigenvalue weighted by Crippen LogP contribution is 2.36. The number of anilines is 2. The first kappa shape index (κ1) is 16.4. The summed E-state index contributed by atoms with van der Waals surface area (Å²) in [5.74, 6) is 0.364. The average molecular weight is 341 g/mol. The van der Waals surface area contributed by atoms with E-state index in [9.17, 15) is 4.79 Å². The van der Waals surface area contributed by atoms with E-state index in [0.717, 1.165) is 32.6 Å². The third-order valence-corrected chi connectivity index (χ3v) is 5.20. The van der Waals surface area contributed by atoms with Crippen LogP contribution in [0.15, 0.2) is 18.5 Å². The Bertz CT molecular complexity index is 924. The van der Waals surface area contributed by atoms with Gasteiger partial charge in [-0.25, -0.2) is 14.8 Å². The fourth-order valence-electron chi connectivity index (χ4n) is 2.95. The molecule has 0 atom stereocenters. The Hall–Kier alpha value is -2.47. The fraction of sp³-hybridized carbons (Fsp3) is 0.278. The largest absolute Gasteiger partial charge is 0.465 e. The molecule has 0 spiro atoms. The van der Waals surface area contributed by atoms with E-state index in [-0.39, 0.29) is 5.97 Å². The first-order valence-corrected chi connectivity index (χ1v) is 8.41. The molecule has 1 N–H and O–H groups in total. The lowest BCUT2D eigenvalue weighted by atomic mass is 10.0. The van der Waals surface area contributed by atoms with Crippen LogP contribution in [-0.4, -0.2) is 23.0 Å². The number of carbonyl (C=O) groups is 1. The number of rotatable bonds is 3. The Morgan fingerprint density at radius 2 is 1.79 bits per heavy atom. The summed E-state index contributed by atoms with van der Waals surface area (Å²) in [4.78, 5) is 22.0. The number of benzene rings is 1. The number of nitrogens with one attached hydrogen (secondary N) is 1. The number of esters is 1. The van der Waals surface area contributed by atoms with Crippen LogP contribution in [-0.2, 0) is 4.74 Å². The van der Waals surface area contributed by atoms with Crippen LogP contribution >= 0.6 is 11.3 Å². The van der Waals surface area contributed by atoms with Crippen molar-refractivity contribution >= 4 is 39.0 Å². The Morgan fingerprint density at radius 3 is 2.42 bits per heavy atom. The molecule has 5 nitrogen and oxygen atoms in total. The Morgan fingerprint density at radius 1 is 1.12 bits per heavy atom. The lowest BCUT2D eigenvalue weighted by molar-refractivity contribution is 0.0605. The monoisotopic (exact) mass is 341 g/mol. The minimum atomic E-state index is -0.343. The molecule has 0 saturated heterocycles. The Labute approximate surface area is 144 Å². The molecule has 124 valence electrons. The molecule has 0 amide bonds.